The molecule has 4 saturated carbocycles. The van der Waals surface area contributed by atoms with E-state index in [1.54, 1.807) is 0 Å². The number of halogens is 1. The van der Waals surface area contributed by atoms with E-state index in [-0.39, 0.29) is 22.2 Å². The molecule has 2 unspecified atom stereocenters. The average molecular weight is 370 g/mol. The molecule has 1 aliphatic heterocycles. The summed E-state index contributed by atoms with van der Waals surface area (Å²) in [7, 11) is 0. The molecule has 2 nitrogen and oxygen atoms in total. The smallest absolute Gasteiger partial charge is 0.139 e. The highest BCUT2D eigenvalue weighted by Crippen LogP contribution is 2.70. The van der Waals surface area contributed by atoms with Crippen molar-refractivity contribution in [2.75, 3.05) is 13.1 Å². The van der Waals surface area contributed by atoms with Crippen LogP contribution in [0.25, 0.3) is 0 Å². The van der Waals surface area contributed by atoms with Gasteiger partial charge >= 0.3 is 0 Å². The van der Waals surface area contributed by atoms with Crippen LogP contribution in [0.4, 0.5) is 4.39 Å². The maximum atomic E-state index is 14.4. The Kier molecular flexibility index (Phi) is 4.06. The Bertz CT molecular complexity index is 735. The predicted molar refractivity (Wildman–Crippen MR) is 105 cm³/mol. The second-order valence-corrected chi connectivity index (χ2v) is 10.6. The lowest BCUT2D eigenvalue weighted by Gasteiger charge is -2.66. The minimum absolute atomic E-state index is 0.0766. The van der Waals surface area contributed by atoms with Crippen molar-refractivity contribution in [1.82, 2.24) is 5.32 Å². The molecule has 5 aliphatic rings. The summed E-state index contributed by atoms with van der Waals surface area (Å²) in [5, 5.41) is 3.12. The van der Waals surface area contributed by atoms with E-state index in [9.17, 15) is 9.18 Å². The van der Waals surface area contributed by atoms with Gasteiger partial charge in [0.25, 0.3) is 0 Å². The van der Waals surface area contributed by atoms with Crippen molar-refractivity contribution in [2.45, 2.75) is 69.9 Å². The van der Waals surface area contributed by atoms with E-state index in [1.807, 2.05) is 0 Å². The number of ketones is 1. The highest BCUT2D eigenvalue weighted by molar-refractivity contribution is 5.86. The summed E-state index contributed by atoms with van der Waals surface area (Å²) < 4.78 is 14.4. The van der Waals surface area contributed by atoms with Crippen LogP contribution in [0.3, 0.4) is 0 Å². The van der Waals surface area contributed by atoms with Gasteiger partial charge in [0.1, 0.15) is 12.0 Å². The quantitative estimate of drug-likeness (QED) is 0.824. The molecule has 0 radical (unpaired) electrons. The Labute approximate surface area is 162 Å². The molecule has 5 fully saturated rings. The zero-order chi connectivity index (χ0) is 18.7. The Morgan fingerprint density at radius 1 is 1.15 bits per heavy atom. The van der Waals surface area contributed by atoms with Crippen molar-refractivity contribution >= 4 is 5.78 Å². The van der Waals surface area contributed by atoms with Crippen molar-refractivity contribution in [3.63, 3.8) is 0 Å². The van der Waals surface area contributed by atoms with Crippen LogP contribution in [0, 0.1) is 22.7 Å². The van der Waals surface area contributed by atoms with Gasteiger partial charge in [0.2, 0.25) is 0 Å². The van der Waals surface area contributed by atoms with E-state index in [0.29, 0.717) is 24.7 Å². The largest absolute Gasteiger partial charge is 0.314 e. The number of piperidine rings is 1. The van der Waals surface area contributed by atoms with Gasteiger partial charge < -0.3 is 5.32 Å². The fraction of sp³-hybridized carbons (Fsp3) is 0.708. The highest BCUT2D eigenvalue weighted by Gasteiger charge is 2.64. The number of alkyl halides is 1. The van der Waals surface area contributed by atoms with Crippen molar-refractivity contribution in [3.8, 4) is 0 Å². The first kappa shape index (κ1) is 17.8. The van der Waals surface area contributed by atoms with Gasteiger partial charge in [-0.15, -0.1) is 0 Å². The zero-order valence-electron chi connectivity index (χ0n) is 16.5. The monoisotopic (exact) mass is 369 g/mol. The molecule has 1 aromatic carbocycles. The molecule has 1 N–H and O–H groups in total. The average Bonchev–Trinajstić information content (AvgIpc) is 2.62. The minimum atomic E-state index is -0.865. The van der Waals surface area contributed by atoms with Gasteiger partial charge in [-0.3, -0.25) is 4.79 Å². The number of benzene rings is 1. The number of carbonyl (C=O) groups is 1. The molecule has 1 heterocycles. The molecule has 0 aromatic heterocycles. The second kappa shape index (κ2) is 6.14. The van der Waals surface area contributed by atoms with Crippen LogP contribution in [0.2, 0.25) is 0 Å². The number of carbonyl (C=O) groups excluding carboxylic acids is 1. The van der Waals surface area contributed by atoms with E-state index in [2.05, 4.69) is 42.6 Å². The van der Waals surface area contributed by atoms with Gasteiger partial charge in [-0.1, -0.05) is 37.3 Å². The molecule has 6 rings (SSSR count). The second-order valence-electron chi connectivity index (χ2n) is 10.6. The topological polar surface area (TPSA) is 29.1 Å². The molecule has 146 valence electrons. The van der Waals surface area contributed by atoms with E-state index < -0.39 is 6.17 Å². The van der Waals surface area contributed by atoms with Crippen LogP contribution < -0.4 is 5.32 Å². The summed E-state index contributed by atoms with van der Waals surface area (Å²) in [6.45, 7) is 3.68. The molecule has 6 atom stereocenters. The minimum Gasteiger partial charge on any atom is -0.314 e. The molecular formula is C24H32FNO. The zero-order valence-corrected chi connectivity index (χ0v) is 16.5. The van der Waals surface area contributed by atoms with Crippen molar-refractivity contribution < 1.29 is 9.18 Å². The van der Waals surface area contributed by atoms with E-state index >= 15 is 0 Å². The number of hydrogen-bond acceptors (Lipinski definition) is 2. The van der Waals surface area contributed by atoms with Crippen molar-refractivity contribution in [2.24, 2.45) is 22.7 Å². The molecule has 3 heteroatoms. The van der Waals surface area contributed by atoms with E-state index in [0.717, 1.165) is 32.2 Å². The number of hydrogen-bond donors (Lipinski definition) is 1. The number of rotatable bonds is 4. The standard InChI is InChI=1S/C24H32FNO/c1-22-10-17-11-23(14-22,19-5-3-2-4-6-19)16-24(12-17,15-22)21(27)9-18-7-8-26-13-20(18)25/h2-6,17-18,20,26H,7-16H2,1H3/t17?,18-,20+,22+,23+,24?/m0/s1. The molecule has 1 aromatic rings. The molecule has 1 saturated heterocycles. The van der Waals surface area contributed by atoms with Crippen molar-refractivity contribution in [1.29, 1.82) is 0 Å². The number of nitrogens with one attached hydrogen (secondary N) is 1. The van der Waals surface area contributed by atoms with Crippen LogP contribution in [0.15, 0.2) is 30.3 Å². The number of Topliss-reactive ketones (excluding diaryl/α,β-unsaturated/α-hetero) is 1. The maximum Gasteiger partial charge on any atom is 0.139 e. The normalized spacial score (nSPS) is 45.8. The van der Waals surface area contributed by atoms with Gasteiger partial charge in [0, 0.05) is 18.4 Å². The lowest BCUT2D eigenvalue weighted by atomic mass is 9.38. The summed E-state index contributed by atoms with van der Waals surface area (Å²) in [4.78, 5) is 13.6. The SMILES string of the molecule is C[C@]12CC3CC(C(=O)C[C@@H]4CCNC[C@H]4F)(C1)C[C@@](c1ccccc1)(C3)C2. The van der Waals surface area contributed by atoms with Gasteiger partial charge in [0.15, 0.2) is 0 Å². The highest BCUT2D eigenvalue weighted by atomic mass is 19.1. The fourth-order valence-electron chi connectivity index (χ4n) is 7.90. The predicted octanol–water partition coefficient (Wildman–Crippen LogP) is 4.82. The Morgan fingerprint density at radius 2 is 1.96 bits per heavy atom. The summed E-state index contributed by atoms with van der Waals surface area (Å²) in [6, 6.07) is 10.9. The van der Waals surface area contributed by atoms with Crippen molar-refractivity contribution in [3.05, 3.63) is 35.9 Å². The third kappa shape index (κ3) is 2.88. The first-order valence-electron chi connectivity index (χ1n) is 10.9. The Morgan fingerprint density at radius 3 is 2.70 bits per heavy atom. The molecule has 4 bridgehead atoms. The van der Waals surface area contributed by atoms with Crippen LogP contribution in [-0.2, 0) is 10.2 Å². The third-order valence-corrected chi connectivity index (χ3v) is 8.32. The molecule has 0 amide bonds. The molecule has 27 heavy (non-hydrogen) atoms. The lowest BCUT2D eigenvalue weighted by Crippen LogP contribution is -2.60. The Balaban J connectivity index is 1.46. The van der Waals surface area contributed by atoms with E-state index in [1.165, 1.54) is 24.8 Å². The Hall–Kier alpha value is -1.22. The fourth-order valence-corrected chi connectivity index (χ4v) is 7.90. The summed E-state index contributed by atoms with van der Waals surface area (Å²) >= 11 is 0. The van der Waals surface area contributed by atoms with Gasteiger partial charge in [-0.05, 0) is 79.7 Å². The van der Waals surface area contributed by atoms with Crippen LogP contribution in [0.5, 0.6) is 0 Å². The first-order chi connectivity index (χ1) is 12.9. The first-order valence-corrected chi connectivity index (χ1v) is 10.9. The van der Waals surface area contributed by atoms with Crippen LogP contribution >= 0.6 is 0 Å². The third-order valence-electron chi connectivity index (χ3n) is 8.32. The molecule has 4 aliphatic carbocycles. The summed E-state index contributed by atoms with van der Waals surface area (Å²) in [6.07, 6.45) is 7.20. The molecule has 0 spiro atoms. The van der Waals surface area contributed by atoms with E-state index in [4.69, 9.17) is 0 Å². The summed E-state index contributed by atoms with van der Waals surface area (Å²) in [5.41, 5.74) is 1.67. The maximum absolute atomic E-state index is 14.4. The lowest BCUT2D eigenvalue weighted by molar-refractivity contribution is -0.159. The van der Waals surface area contributed by atoms with Crippen LogP contribution in [0.1, 0.15) is 63.9 Å². The van der Waals surface area contributed by atoms with Gasteiger partial charge in [-0.25, -0.2) is 4.39 Å². The summed E-state index contributed by atoms with van der Waals surface area (Å²) in [5.74, 6) is 0.963. The van der Waals surface area contributed by atoms with Gasteiger partial charge in [-0.2, -0.15) is 0 Å². The molecular weight excluding hydrogens is 337 g/mol. The van der Waals surface area contributed by atoms with Crippen LogP contribution in [-0.4, -0.2) is 25.0 Å². The van der Waals surface area contributed by atoms with Gasteiger partial charge in [0.05, 0.1) is 0 Å².